The highest BCUT2D eigenvalue weighted by atomic mass is 16.7. The standard InChI is InChI=1S/C13H24O3/c14-10-6-3-1-2-4-7-11-15-13-9-5-8-12-16-13/h8,12-14H,1-7,9-11H2. The zero-order valence-electron chi connectivity index (χ0n) is 10.1. The van der Waals surface area contributed by atoms with Crippen molar-refractivity contribution in [2.45, 2.75) is 57.7 Å². The number of aliphatic hydroxyl groups excluding tert-OH is 1. The molecule has 0 aliphatic carbocycles. The number of hydrogen-bond acceptors (Lipinski definition) is 3. The molecule has 1 aliphatic heterocycles. The van der Waals surface area contributed by atoms with Crippen molar-refractivity contribution >= 4 is 0 Å². The third kappa shape index (κ3) is 6.85. The fourth-order valence-electron chi connectivity index (χ4n) is 1.77. The van der Waals surface area contributed by atoms with Crippen LogP contribution in [0.15, 0.2) is 12.3 Å². The molecular formula is C13H24O3. The van der Waals surface area contributed by atoms with Crippen molar-refractivity contribution in [1.29, 1.82) is 0 Å². The lowest BCUT2D eigenvalue weighted by molar-refractivity contribution is -0.115. The Morgan fingerprint density at radius 1 is 1.12 bits per heavy atom. The number of rotatable bonds is 9. The molecule has 0 aromatic rings. The van der Waals surface area contributed by atoms with E-state index in [-0.39, 0.29) is 6.29 Å². The molecule has 1 aliphatic rings. The summed E-state index contributed by atoms with van der Waals surface area (Å²) >= 11 is 0. The van der Waals surface area contributed by atoms with Crippen LogP contribution in [0.3, 0.4) is 0 Å². The highest BCUT2D eigenvalue weighted by molar-refractivity contribution is 4.79. The highest BCUT2D eigenvalue weighted by Gasteiger charge is 2.09. The molecule has 0 bridgehead atoms. The summed E-state index contributed by atoms with van der Waals surface area (Å²) < 4.78 is 10.9. The first-order chi connectivity index (χ1) is 7.93. The molecule has 0 radical (unpaired) electrons. The number of ether oxygens (including phenoxy) is 2. The average Bonchev–Trinajstić information content (AvgIpc) is 2.34. The molecule has 1 heterocycles. The zero-order valence-corrected chi connectivity index (χ0v) is 10.1. The minimum absolute atomic E-state index is 0.0145. The van der Waals surface area contributed by atoms with E-state index in [1.165, 1.54) is 19.3 Å². The molecule has 16 heavy (non-hydrogen) atoms. The molecule has 1 atom stereocenters. The predicted molar refractivity (Wildman–Crippen MR) is 64.0 cm³/mol. The van der Waals surface area contributed by atoms with E-state index in [1.807, 2.05) is 6.08 Å². The lowest BCUT2D eigenvalue weighted by Gasteiger charge is -2.19. The Morgan fingerprint density at radius 3 is 2.56 bits per heavy atom. The molecule has 0 fully saturated rings. The van der Waals surface area contributed by atoms with Crippen LogP contribution in [0, 0.1) is 0 Å². The van der Waals surface area contributed by atoms with E-state index in [4.69, 9.17) is 14.6 Å². The van der Waals surface area contributed by atoms with E-state index >= 15 is 0 Å². The lowest BCUT2D eigenvalue weighted by atomic mass is 10.1. The Morgan fingerprint density at radius 2 is 1.88 bits per heavy atom. The first-order valence-corrected chi connectivity index (χ1v) is 6.46. The second-order valence-electron chi connectivity index (χ2n) is 4.23. The first-order valence-electron chi connectivity index (χ1n) is 6.46. The van der Waals surface area contributed by atoms with Crippen molar-refractivity contribution in [3.8, 4) is 0 Å². The summed E-state index contributed by atoms with van der Waals surface area (Å²) in [7, 11) is 0. The van der Waals surface area contributed by atoms with Crippen LogP contribution in [-0.2, 0) is 9.47 Å². The summed E-state index contributed by atoms with van der Waals surface area (Å²) in [5.74, 6) is 0. The Kier molecular flexibility index (Phi) is 8.17. The molecule has 0 aromatic heterocycles. The molecule has 3 nitrogen and oxygen atoms in total. The molecule has 0 amide bonds. The van der Waals surface area contributed by atoms with Gasteiger partial charge in [-0.1, -0.05) is 25.7 Å². The Balaban J connectivity index is 1.79. The third-order valence-corrected chi connectivity index (χ3v) is 2.75. The molecule has 0 saturated carbocycles. The van der Waals surface area contributed by atoms with Crippen LogP contribution in [0.5, 0.6) is 0 Å². The fourth-order valence-corrected chi connectivity index (χ4v) is 1.77. The molecule has 1 rings (SSSR count). The van der Waals surface area contributed by atoms with E-state index < -0.39 is 0 Å². The number of aliphatic hydroxyl groups is 1. The molecule has 0 saturated heterocycles. The Bertz CT molecular complexity index is 180. The second kappa shape index (κ2) is 9.67. The number of allylic oxidation sites excluding steroid dienone is 1. The normalized spacial score (nSPS) is 19.7. The van der Waals surface area contributed by atoms with E-state index in [1.54, 1.807) is 6.26 Å². The summed E-state index contributed by atoms with van der Waals surface area (Å²) in [4.78, 5) is 0. The number of unbranched alkanes of at least 4 members (excludes halogenated alkanes) is 5. The molecule has 94 valence electrons. The summed E-state index contributed by atoms with van der Waals surface area (Å²) in [6, 6.07) is 0. The predicted octanol–water partition coefficient (Wildman–Crippen LogP) is 2.99. The van der Waals surface area contributed by atoms with Crippen molar-refractivity contribution in [3.63, 3.8) is 0 Å². The van der Waals surface area contributed by atoms with Gasteiger partial charge in [0.15, 0.2) is 6.29 Å². The summed E-state index contributed by atoms with van der Waals surface area (Å²) in [6.07, 6.45) is 12.7. The van der Waals surface area contributed by atoms with Gasteiger partial charge in [0.2, 0.25) is 0 Å². The zero-order chi connectivity index (χ0) is 11.5. The van der Waals surface area contributed by atoms with Crippen LogP contribution in [-0.4, -0.2) is 24.6 Å². The van der Waals surface area contributed by atoms with E-state index in [0.717, 1.165) is 38.7 Å². The van der Waals surface area contributed by atoms with Crippen LogP contribution in [0.4, 0.5) is 0 Å². The average molecular weight is 228 g/mol. The Labute approximate surface area is 98.4 Å². The summed E-state index contributed by atoms with van der Waals surface area (Å²) in [6.45, 7) is 1.13. The topological polar surface area (TPSA) is 38.7 Å². The van der Waals surface area contributed by atoms with Crippen LogP contribution in [0.2, 0.25) is 0 Å². The molecule has 0 aromatic carbocycles. The van der Waals surface area contributed by atoms with Gasteiger partial charge in [-0.25, -0.2) is 0 Å². The lowest BCUT2D eigenvalue weighted by Crippen LogP contribution is -2.17. The molecule has 3 heteroatoms. The van der Waals surface area contributed by atoms with Crippen LogP contribution < -0.4 is 0 Å². The van der Waals surface area contributed by atoms with Gasteiger partial charge in [0, 0.05) is 13.0 Å². The van der Waals surface area contributed by atoms with Gasteiger partial charge >= 0.3 is 0 Å². The SMILES string of the molecule is OCCCCCCCCOC1CCC=CO1. The van der Waals surface area contributed by atoms with Crippen molar-refractivity contribution in [2.24, 2.45) is 0 Å². The van der Waals surface area contributed by atoms with Gasteiger partial charge in [0.05, 0.1) is 12.9 Å². The maximum atomic E-state index is 8.61. The van der Waals surface area contributed by atoms with Gasteiger partial charge in [0.1, 0.15) is 0 Å². The van der Waals surface area contributed by atoms with Gasteiger partial charge in [-0.15, -0.1) is 0 Å². The largest absolute Gasteiger partial charge is 0.473 e. The quantitative estimate of drug-likeness (QED) is 0.617. The van der Waals surface area contributed by atoms with Gasteiger partial charge in [-0.05, 0) is 25.3 Å². The summed E-state index contributed by atoms with van der Waals surface area (Å²) in [5.41, 5.74) is 0. The van der Waals surface area contributed by atoms with E-state index in [2.05, 4.69) is 0 Å². The van der Waals surface area contributed by atoms with E-state index in [0.29, 0.717) is 6.61 Å². The molecule has 1 N–H and O–H groups in total. The minimum Gasteiger partial charge on any atom is -0.473 e. The van der Waals surface area contributed by atoms with Crippen molar-refractivity contribution in [1.82, 2.24) is 0 Å². The smallest absolute Gasteiger partial charge is 0.199 e. The van der Waals surface area contributed by atoms with Crippen molar-refractivity contribution in [3.05, 3.63) is 12.3 Å². The fraction of sp³-hybridized carbons (Fsp3) is 0.846. The molecule has 1 unspecified atom stereocenters. The van der Waals surface area contributed by atoms with Gasteiger partial charge in [-0.3, -0.25) is 0 Å². The van der Waals surface area contributed by atoms with Gasteiger partial charge in [0.25, 0.3) is 0 Å². The van der Waals surface area contributed by atoms with Crippen molar-refractivity contribution in [2.75, 3.05) is 13.2 Å². The molecule has 0 spiro atoms. The van der Waals surface area contributed by atoms with Crippen LogP contribution in [0.1, 0.15) is 51.4 Å². The van der Waals surface area contributed by atoms with Crippen molar-refractivity contribution < 1.29 is 14.6 Å². The van der Waals surface area contributed by atoms with E-state index in [9.17, 15) is 0 Å². The minimum atomic E-state index is -0.0145. The maximum absolute atomic E-state index is 8.61. The molecular weight excluding hydrogens is 204 g/mol. The summed E-state index contributed by atoms with van der Waals surface area (Å²) in [5, 5.41) is 8.61. The number of hydrogen-bond donors (Lipinski definition) is 1. The van der Waals surface area contributed by atoms with Crippen LogP contribution >= 0.6 is 0 Å². The highest BCUT2D eigenvalue weighted by Crippen LogP contribution is 2.12. The van der Waals surface area contributed by atoms with Crippen LogP contribution in [0.25, 0.3) is 0 Å². The van der Waals surface area contributed by atoms with Gasteiger partial charge in [-0.2, -0.15) is 0 Å². The monoisotopic (exact) mass is 228 g/mol. The van der Waals surface area contributed by atoms with Gasteiger partial charge < -0.3 is 14.6 Å². The maximum Gasteiger partial charge on any atom is 0.199 e. The first kappa shape index (κ1) is 13.5. The second-order valence-corrected chi connectivity index (χ2v) is 4.23. The third-order valence-electron chi connectivity index (χ3n) is 2.75. The Hall–Kier alpha value is -0.540.